The number of nitrogens with zero attached hydrogens (tertiary/aromatic N) is 2. The van der Waals surface area contributed by atoms with E-state index in [9.17, 15) is 4.79 Å². The van der Waals surface area contributed by atoms with Crippen molar-refractivity contribution in [1.29, 1.82) is 0 Å². The monoisotopic (exact) mass is 341 g/mol. The fourth-order valence-corrected chi connectivity index (χ4v) is 3.97. The molecule has 7 heteroatoms. The summed E-state index contributed by atoms with van der Waals surface area (Å²) in [7, 11) is 0. The summed E-state index contributed by atoms with van der Waals surface area (Å²) >= 11 is 9.23. The van der Waals surface area contributed by atoms with Gasteiger partial charge in [-0.15, -0.1) is 23.1 Å². The molecule has 0 unspecified atom stereocenters. The van der Waals surface area contributed by atoms with Gasteiger partial charge < -0.3 is 5.73 Å². The van der Waals surface area contributed by atoms with Crippen molar-refractivity contribution in [1.82, 2.24) is 4.98 Å². The zero-order valence-corrected chi connectivity index (χ0v) is 14.2. The van der Waals surface area contributed by atoms with E-state index in [0.717, 1.165) is 15.7 Å². The molecule has 2 aromatic rings. The molecule has 1 aromatic heterocycles. The van der Waals surface area contributed by atoms with Crippen molar-refractivity contribution >= 4 is 51.4 Å². The summed E-state index contributed by atoms with van der Waals surface area (Å²) in [4.78, 5) is 18.6. The number of aromatic nitrogens is 1. The minimum atomic E-state index is 0.00707. The lowest BCUT2D eigenvalue weighted by Crippen LogP contribution is -2.27. The van der Waals surface area contributed by atoms with Gasteiger partial charge in [-0.25, -0.2) is 4.98 Å². The molecule has 2 rings (SSSR count). The second kappa shape index (κ2) is 7.15. The third-order valence-corrected chi connectivity index (χ3v) is 5.24. The summed E-state index contributed by atoms with van der Waals surface area (Å²) in [6, 6.07) is 5.48. The number of nitrogens with two attached hydrogens (primary N) is 1. The molecular formula is C14H16ClN3OS2. The average molecular weight is 342 g/mol. The van der Waals surface area contributed by atoms with Gasteiger partial charge in [0.05, 0.1) is 10.7 Å². The van der Waals surface area contributed by atoms with Gasteiger partial charge in [-0.1, -0.05) is 11.6 Å². The predicted octanol–water partition coefficient (Wildman–Crippen LogP) is 4.04. The highest BCUT2D eigenvalue weighted by molar-refractivity contribution is 7.98. The normalized spacial score (nSPS) is 10.6. The molecule has 0 saturated heterocycles. The van der Waals surface area contributed by atoms with Crippen LogP contribution in [0.15, 0.2) is 28.5 Å². The average Bonchev–Trinajstić information content (AvgIpc) is 2.87. The van der Waals surface area contributed by atoms with Gasteiger partial charge >= 0.3 is 0 Å². The van der Waals surface area contributed by atoms with E-state index in [1.807, 2.05) is 24.4 Å². The van der Waals surface area contributed by atoms with Gasteiger partial charge in [0.25, 0.3) is 0 Å². The van der Waals surface area contributed by atoms with E-state index >= 15 is 0 Å². The van der Waals surface area contributed by atoms with Crippen LogP contribution in [0.2, 0.25) is 5.02 Å². The van der Waals surface area contributed by atoms with Crippen molar-refractivity contribution in [2.75, 3.05) is 17.2 Å². The molecule has 1 heterocycles. The van der Waals surface area contributed by atoms with E-state index in [-0.39, 0.29) is 5.91 Å². The van der Waals surface area contributed by atoms with E-state index < -0.39 is 0 Å². The van der Waals surface area contributed by atoms with E-state index in [0.29, 0.717) is 23.0 Å². The van der Waals surface area contributed by atoms with Crippen molar-refractivity contribution in [3.8, 4) is 0 Å². The van der Waals surface area contributed by atoms with Crippen LogP contribution >= 0.6 is 34.7 Å². The van der Waals surface area contributed by atoms with E-state index in [2.05, 4.69) is 4.98 Å². The number of rotatable bonds is 5. The molecule has 0 aliphatic rings. The fraction of sp³-hybridized carbons (Fsp3) is 0.286. The Morgan fingerprint density at radius 2 is 2.29 bits per heavy atom. The third kappa shape index (κ3) is 4.12. The SMILES string of the molecule is CCN(C(C)=O)c1nc(CSc2ccc(N)cc2Cl)cs1. The molecular weight excluding hydrogens is 326 g/mol. The van der Waals surface area contributed by atoms with Crippen LogP contribution < -0.4 is 10.6 Å². The first-order valence-corrected chi connectivity index (χ1v) is 8.66. The number of amides is 1. The molecule has 0 spiro atoms. The van der Waals surface area contributed by atoms with Crippen molar-refractivity contribution in [3.63, 3.8) is 0 Å². The number of thioether (sulfide) groups is 1. The number of nitrogen functional groups attached to an aromatic ring is 1. The molecule has 0 bridgehead atoms. The quantitative estimate of drug-likeness (QED) is 0.658. The Hall–Kier alpha value is -1.24. The Balaban J connectivity index is 2.04. The second-order valence-electron chi connectivity index (χ2n) is 4.36. The molecule has 1 amide bonds. The number of carbonyl (C=O) groups excluding carboxylic acids is 1. The summed E-state index contributed by atoms with van der Waals surface area (Å²) in [5.74, 6) is 0.711. The highest BCUT2D eigenvalue weighted by atomic mass is 35.5. The van der Waals surface area contributed by atoms with Crippen LogP contribution in [0.3, 0.4) is 0 Å². The van der Waals surface area contributed by atoms with E-state index in [1.165, 1.54) is 11.3 Å². The van der Waals surface area contributed by atoms with Crippen LogP contribution in [-0.4, -0.2) is 17.4 Å². The third-order valence-electron chi connectivity index (χ3n) is 2.80. The Labute approximate surface area is 137 Å². The molecule has 2 N–H and O–H groups in total. The second-order valence-corrected chi connectivity index (χ2v) is 6.62. The minimum absolute atomic E-state index is 0.00707. The lowest BCUT2D eigenvalue weighted by atomic mass is 10.3. The Morgan fingerprint density at radius 3 is 2.90 bits per heavy atom. The van der Waals surface area contributed by atoms with Crippen molar-refractivity contribution in [2.24, 2.45) is 0 Å². The molecule has 0 fully saturated rings. The van der Waals surface area contributed by atoms with Crippen molar-refractivity contribution in [3.05, 3.63) is 34.3 Å². The summed E-state index contributed by atoms with van der Waals surface area (Å²) in [6.45, 7) is 4.11. The van der Waals surface area contributed by atoms with Crippen LogP contribution in [0.5, 0.6) is 0 Å². The van der Waals surface area contributed by atoms with Crippen LogP contribution in [0.4, 0.5) is 10.8 Å². The Morgan fingerprint density at radius 1 is 1.52 bits per heavy atom. The van der Waals surface area contributed by atoms with Crippen LogP contribution in [0.25, 0.3) is 0 Å². The lowest BCUT2D eigenvalue weighted by molar-refractivity contribution is -0.116. The predicted molar refractivity (Wildman–Crippen MR) is 91.2 cm³/mol. The van der Waals surface area contributed by atoms with Gasteiger partial charge in [0.2, 0.25) is 5.91 Å². The molecule has 1 aromatic carbocycles. The van der Waals surface area contributed by atoms with E-state index in [1.54, 1.807) is 29.7 Å². The van der Waals surface area contributed by atoms with Gasteiger partial charge in [-0.05, 0) is 25.1 Å². The molecule has 0 saturated carbocycles. The molecule has 0 aliphatic heterocycles. The summed E-state index contributed by atoms with van der Waals surface area (Å²) in [6.07, 6.45) is 0. The number of hydrogen-bond acceptors (Lipinski definition) is 5. The zero-order chi connectivity index (χ0) is 15.4. The van der Waals surface area contributed by atoms with Crippen LogP contribution in [0, 0.1) is 0 Å². The molecule has 0 atom stereocenters. The number of carbonyl (C=O) groups is 1. The van der Waals surface area contributed by atoms with Gasteiger partial charge in [0.15, 0.2) is 5.13 Å². The molecule has 4 nitrogen and oxygen atoms in total. The zero-order valence-electron chi connectivity index (χ0n) is 11.8. The minimum Gasteiger partial charge on any atom is -0.399 e. The largest absolute Gasteiger partial charge is 0.399 e. The van der Waals surface area contributed by atoms with E-state index in [4.69, 9.17) is 17.3 Å². The number of halogens is 1. The molecule has 0 radical (unpaired) electrons. The first kappa shape index (κ1) is 16.1. The summed E-state index contributed by atoms with van der Waals surface area (Å²) in [5, 5.41) is 3.36. The molecule has 0 aliphatic carbocycles. The highest BCUT2D eigenvalue weighted by Crippen LogP contribution is 2.32. The number of hydrogen-bond donors (Lipinski definition) is 1. The number of thiazole rings is 1. The lowest BCUT2D eigenvalue weighted by Gasteiger charge is -2.14. The standard InChI is InChI=1S/C14H16ClN3OS2/c1-3-18(9(2)19)14-17-11(8-21-14)7-20-13-5-4-10(16)6-12(13)15/h4-6,8H,3,7,16H2,1-2H3. The van der Waals surface area contributed by atoms with Gasteiger partial charge in [0, 0.05) is 35.2 Å². The smallest absolute Gasteiger partial charge is 0.225 e. The van der Waals surface area contributed by atoms with Crippen LogP contribution in [0.1, 0.15) is 19.5 Å². The fourth-order valence-electron chi connectivity index (χ4n) is 1.77. The number of benzene rings is 1. The molecule has 112 valence electrons. The first-order valence-electron chi connectivity index (χ1n) is 6.41. The van der Waals surface area contributed by atoms with Gasteiger partial charge in [-0.3, -0.25) is 9.69 Å². The maximum absolute atomic E-state index is 11.5. The molecule has 21 heavy (non-hydrogen) atoms. The Bertz CT molecular complexity index is 645. The maximum atomic E-state index is 11.5. The van der Waals surface area contributed by atoms with Gasteiger partial charge in [0.1, 0.15) is 0 Å². The highest BCUT2D eigenvalue weighted by Gasteiger charge is 2.13. The van der Waals surface area contributed by atoms with Crippen molar-refractivity contribution in [2.45, 2.75) is 24.5 Å². The maximum Gasteiger partial charge on any atom is 0.225 e. The first-order chi connectivity index (χ1) is 10.0. The van der Waals surface area contributed by atoms with Gasteiger partial charge in [-0.2, -0.15) is 0 Å². The topological polar surface area (TPSA) is 59.2 Å². The van der Waals surface area contributed by atoms with Crippen LogP contribution in [-0.2, 0) is 10.5 Å². The summed E-state index contributed by atoms with van der Waals surface area (Å²) < 4.78 is 0. The van der Waals surface area contributed by atoms with Crippen molar-refractivity contribution < 1.29 is 4.79 Å². The Kier molecular flexibility index (Phi) is 5.50. The summed E-state index contributed by atoms with van der Waals surface area (Å²) in [5.41, 5.74) is 7.26. The number of anilines is 2.